The molecule has 0 saturated carbocycles. The van der Waals surface area contributed by atoms with E-state index in [9.17, 15) is 4.79 Å². The van der Waals surface area contributed by atoms with Crippen LogP contribution < -0.4 is 0 Å². The summed E-state index contributed by atoms with van der Waals surface area (Å²) in [5.41, 5.74) is 3.80. The number of hydrogen-bond donors (Lipinski definition) is 0. The maximum atomic E-state index is 13.4. The molecule has 0 amide bonds. The zero-order valence-electron chi connectivity index (χ0n) is 15.3. The molecular weight excluding hydrogens is 310 g/mol. The van der Waals surface area contributed by atoms with Crippen LogP contribution in [0.4, 0.5) is 0 Å². The van der Waals surface area contributed by atoms with E-state index in [0.29, 0.717) is 12.2 Å². The summed E-state index contributed by atoms with van der Waals surface area (Å²) in [6, 6.07) is 12.4. The fourth-order valence-corrected chi connectivity index (χ4v) is 4.04. The van der Waals surface area contributed by atoms with E-state index in [2.05, 4.69) is 25.1 Å². The summed E-state index contributed by atoms with van der Waals surface area (Å²) in [6.07, 6.45) is 7.12. The monoisotopic (exact) mass is 337 g/mol. The molecular formula is C22H27NO2. The Morgan fingerprint density at radius 3 is 2.68 bits per heavy atom. The summed E-state index contributed by atoms with van der Waals surface area (Å²) in [7, 11) is 1.73. The van der Waals surface area contributed by atoms with Gasteiger partial charge < -0.3 is 4.74 Å². The number of rotatable bonds is 9. The Balaban J connectivity index is 2.07. The lowest BCUT2D eigenvalue weighted by atomic mass is 9.71. The molecule has 0 saturated heterocycles. The lowest BCUT2D eigenvalue weighted by Gasteiger charge is -2.30. The number of methoxy groups -OCH3 is 1. The van der Waals surface area contributed by atoms with Crippen LogP contribution in [-0.2, 0) is 14.9 Å². The third-order valence-electron chi connectivity index (χ3n) is 5.27. The maximum Gasteiger partial charge on any atom is 0.149 e. The number of nitrogens with zero attached hydrogens (tertiary/aromatic N) is 1. The number of hydrogen-bond acceptors (Lipinski definition) is 3. The van der Waals surface area contributed by atoms with Crippen molar-refractivity contribution in [2.45, 2.75) is 50.9 Å². The predicted octanol–water partition coefficient (Wildman–Crippen LogP) is 4.92. The number of fused-ring (bicyclic) bond motifs is 3. The summed E-state index contributed by atoms with van der Waals surface area (Å²) < 4.78 is 5.20. The molecule has 1 atom stereocenters. The standard InChI is InChI=1S/C22H27NO2/c1-3-4-13-20(24)22(14-7-8-16-25-2)19-12-6-5-10-17(19)18-11-9-15-23-21(18)22/h5-6,9-12,15H,3-4,7-8,13-14,16H2,1-2H3. The van der Waals surface area contributed by atoms with Crippen molar-refractivity contribution in [3.05, 3.63) is 53.9 Å². The van der Waals surface area contributed by atoms with Crippen LogP contribution in [-0.4, -0.2) is 24.5 Å². The average Bonchev–Trinajstić information content (AvgIpc) is 2.95. The van der Waals surface area contributed by atoms with E-state index in [-0.39, 0.29) is 0 Å². The van der Waals surface area contributed by atoms with Crippen molar-refractivity contribution in [3.8, 4) is 11.1 Å². The minimum absolute atomic E-state index is 0.316. The maximum absolute atomic E-state index is 13.4. The number of pyridine rings is 1. The highest BCUT2D eigenvalue weighted by Crippen LogP contribution is 2.51. The molecule has 0 bridgehead atoms. The van der Waals surface area contributed by atoms with Crippen LogP contribution in [0.1, 0.15) is 56.7 Å². The normalized spacial score (nSPS) is 18.0. The van der Waals surface area contributed by atoms with Crippen molar-refractivity contribution in [2.24, 2.45) is 0 Å². The molecule has 2 aromatic rings. The molecule has 1 aliphatic rings. The number of unbranched alkanes of at least 4 members (excludes halogenated alkanes) is 2. The molecule has 0 N–H and O–H groups in total. The molecule has 1 aromatic heterocycles. The summed E-state index contributed by atoms with van der Waals surface area (Å²) in [5, 5.41) is 0. The van der Waals surface area contributed by atoms with E-state index in [1.807, 2.05) is 24.4 Å². The second-order valence-electron chi connectivity index (χ2n) is 6.83. The zero-order chi connectivity index (χ0) is 17.7. The Morgan fingerprint density at radius 2 is 1.88 bits per heavy atom. The van der Waals surface area contributed by atoms with Gasteiger partial charge in [0.25, 0.3) is 0 Å². The van der Waals surface area contributed by atoms with Crippen molar-refractivity contribution in [1.82, 2.24) is 4.98 Å². The second-order valence-corrected chi connectivity index (χ2v) is 6.83. The van der Waals surface area contributed by atoms with Crippen molar-refractivity contribution >= 4 is 5.78 Å². The van der Waals surface area contributed by atoms with Gasteiger partial charge in [-0.15, -0.1) is 0 Å². The van der Waals surface area contributed by atoms with Crippen molar-refractivity contribution < 1.29 is 9.53 Å². The van der Waals surface area contributed by atoms with E-state index >= 15 is 0 Å². The fraction of sp³-hybridized carbons (Fsp3) is 0.455. The molecule has 3 heteroatoms. The van der Waals surface area contributed by atoms with E-state index < -0.39 is 5.41 Å². The van der Waals surface area contributed by atoms with Crippen molar-refractivity contribution in [2.75, 3.05) is 13.7 Å². The van der Waals surface area contributed by atoms with Gasteiger partial charge in [-0.25, -0.2) is 0 Å². The highest BCUT2D eigenvalue weighted by molar-refractivity contribution is 6.00. The van der Waals surface area contributed by atoms with Gasteiger partial charge in [0.1, 0.15) is 5.78 Å². The van der Waals surface area contributed by atoms with Crippen molar-refractivity contribution in [3.63, 3.8) is 0 Å². The molecule has 1 aliphatic carbocycles. The lowest BCUT2D eigenvalue weighted by Crippen LogP contribution is -2.36. The van der Waals surface area contributed by atoms with Gasteiger partial charge in [-0.05, 0) is 42.9 Å². The minimum Gasteiger partial charge on any atom is -0.385 e. The Labute approximate surface area is 150 Å². The largest absolute Gasteiger partial charge is 0.385 e. The Morgan fingerprint density at radius 1 is 1.08 bits per heavy atom. The number of Topliss-reactive ketones (excluding diaryl/α,β-unsaturated/α-hetero) is 1. The Kier molecular flexibility index (Phi) is 5.64. The third-order valence-corrected chi connectivity index (χ3v) is 5.27. The molecule has 1 unspecified atom stereocenters. The second kappa shape index (κ2) is 7.92. The molecule has 0 radical (unpaired) electrons. The Bertz CT molecular complexity index is 693. The molecule has 1 aromatic carbocycles. The number of ketones is 1. The molecule has 0 fully saturated rings. The minimum atomic E-state index is -0.587. The smallest absolute Gasteiger partial charge is 0.149 e. The fourth-order valence-electron chi connectivity index (χ4n) is 4.04. The van der Waals surface area contributed by atoms with Gasteiger partial charge in [0.05, 0.1) is 11.1 Å². The van der Waals surface area contributed by atoms with Crippen molar-refractivity contribution in [1.29, 1.82) is 0 Å². The van der Waals surface area contributed by atoms with Crippen LogP contribution in [0.15, 0.2) is 42.6 Å². The topological polar surface area (TPSA) is 39.2 Å². The first-order chi connectivity index (χ1) is 12.3. The third kappa shape index (κ3) is 3.13. The van der Waals surface area contributed by atoms with E-state index in [4.69, 9.17) is 9.72 Å². The van der Waals surface area contributed by atoms with Crippen LogP contribution in [0.2, 0.25) is 0 Å². The summed E-state index contributed by atoms with van der Waals surface area (Å²) in [6.45, 7) is 2.86. The van der Waals surface area contributed by atoms with Gasteiger partial charge in [-0.2, -0.15) is 0 Å². The van der Waals surface area contributed by atoms with Gasteiger partial charge in [-0.1, -0.05) is 43.7 Å². The van der Waals surface area contributed by atoms with E-state index in [0.717, 1.165) is 55.5 Å². The number of carbonyl (C=O) groups is 1. The summed E-state index contributed by atoms with van der Waals surface area (Å²) >= 11 is 0. The first kappa shape index (κ1) is 17.8. The van der Waals surface area contributed by atoms with Crippen LogP contribution in [0, 0.1) is 0 Å². The first-order valence-electron chi connectivity index (χ1n) is 9.33. The summed E-state index contributed by atoms with van der Waals surface area (Å²) in [5.74, 6) is 0.316. The lowest BCUT2D eigenvalue weighted by molar-refractivity contribution is -0.123. The zero-order valence-corrected chi connectivity index (χ0v) is 15.3. The summed E-state index contributed by atoms with van der Waals surface area (Å²) in [4.78, 5) is 18.1. The molecule has 3 rings (SSSR count). The number of benzene rings is 1. The quantitative estimate of drug-likeness (QED) is 0.609. The SMILES string of the molecule is CCCCC(=O)C1(CCCCOC)c2ccccc2-c2cccnc21. The van der Waals surface area contributed by atoms with Gasteiger partial charge in [0, 0.05) is 31.9 Å². The Hall–Kier alpha value is -2.00. The molecule has 25 heavy (non-hydrogen) atoms. The predicted molar refractivity (Wildman–Crippen MR) is 101 cm³/mol. The molecule has 1 heterocycles. The van der Waals surface area contributed by atoms with Crippen LogP contribution in [0.25, 0.3) is 11.1 Å². The highest BCUT2D eigenvalue weighted by atomic mass is 16.5. The molecule has 0 aliphatic heterocycles. The molecule has 132 valence electrons. The average molecular weight is 337 g/mol. The van der Waals surface area contributed by atoms with Gasteiger partial charge in [0.15, 0.2) is 0 Å². The molecule has 3 nitrogen and oxygen atoms in total. The van der Waals surface area contributed by atoms with Gasteiger partial charge in [0.2, 0.25) is 0 Å². The number of carbonyl (C=O) groups excluding carboxylic acids is 1. The van der Waals surface area contributed by atoms with Gasteiger partial charge >= 0.3 is 0 Å². The number of aromatic nitrogens is 1. The van der Waals surface area contributed by atoms with Gasteiger partial charge in [-0.3, -0.25) is 9.78 Å². The first-order valence-corrected chi connectivity index (χ1v) is 9.33. The van der Waals surface area contributed by atoms with Crippen LogP contribution in [0.5, 0.6) is 0 Å². The van der Waals surface area contributed by atoms with Crippen LogP contribution in [0.3, 0.4) is 0 Å². The van der Waals surface area contributed by atoms with E-state index in [1.165, 1.54) is 5.56 Å². The highest BCUT2D eigenvalue weighted by Gasteiger charge is 2.48. The number of ether oxygens (including phenoxy) is 1. The molecule has 0 spiro atoms. The van der Waals surface area contributed by atoms with Crippen LogP contribution >= 0.6 is 0 Å². The van der Waals surface area contributed by atoms with E-state index in [1.54, 1.807) is 7.11 Å².